The van der Waals surface area contributed by atoms with E-state index in [9.17, 15) is 9.59 Å². The van der Waals surface area contributed by atoms with Crippen LogP contribution in [0.1, 0.15) is 28.3 Å². The van der Waals surface area contributed by atoms with E-state index in [1.54, 1.807) is 6.07 Å². The molecule has 3 heterocycles. The van der Waals surface area contributed by atoms with Gasteiger partial charge in [-0.25, -0.2) is 0 Å². The van der Waals surface area contributed by atoms with Crippen molar-refractivity contribution in [3.63, 3.8) is 0 Å². The van der Waals surface area contributed by atoms with Gasteiger partial charge in [0.15, 0.2) is 0 Å². The largest absolute Gasteiger partial charge is 0.461 e. The predicted octanol–water partition coefficient (Wildman–Crippen LogP) is 2.08. The topological polar surface area (TPSA) is 94.6 Å². The van der Waals surface area contributed by atoms with Crippen LogP contribution in [0.5, 0.6) is 0 Å². The van der Waals surface area contributed by atoms with E-state index in [0.717, 1.165) is 22.8 Å². The Bertz CT molecular complexity index is 721. The molecule has 0 spiro atoms. The molecule has 0 unspecified atom stereocenters. The van der Waals surface area contributed by atoms with E-state index in [0.29, 0.717) is 17.8 Å². The fraction of sp³-hybridized carbons (Fsp3) is 0.375. The maximum atomic E-state index is 12.2. The summed E-state index contributed by atoms with van der Waals surface area (Å²) < 4.78 is 11.0. The highest BCUT2D eigenvalue weighted by Gasteiger charge is 2.29. The predicted molar refractivity (Wildman–Crippen MR) is 86.2 cm³/mol. The van der Waals surface area contributed by atoms with E-state index >= 15 is 0 Å². The summed E-state index contributed by atoms with van der Waals surface area (Å²) in [5.41, 5.74) is 5.21. The van der Waals surface area contributed by atoms with Crippen LogP contribution in [0.15, 0.2) is 28.7 Å². The van der Waals surface area contributed by atoms with Crippen LogP contribution < -0.4 is 11.1 Å². The molecule has 1 fully saturated rings. The molecule has 2 aromatic heterocycles. The van der Waals surface area contributed by atoms with E-state index in [1.807, 2.05) is 25.1 Å². The number of amides is 2. The summed E-state index contributed by atoms with van der Waals surface area (Å²) in [5, 5.41) is 2.83. The van der Waals surface area contributed by atoms with Gasteiger partial charge in [0.1, 0.15) is 17.6 Å². The molecule has 23 heavy (non-hydrogen) atoms. The Balaban J connectivity index is 1.55. The number of hydrogen-bond donors (Lipinski definition) is 2. The van der Waals surface area contributed by atoms with Crippen LogP contribution in [0.4, 0.5) is 0 Å². The van der Waals surface area contributed by atoms with Gasteiger partial charge < -0.3 is 20.2 Å². The number of furan rings is 1. The van der Waals surface area contributed by atoms with Crippen LogP contribution in [-0.4, -0.2) is 30.6 Å². The number of aryl methyl sites for hydroxylation is 1. The summed E-state index contributed by atoms with van der Waals surface area (Å²) in [6.07, 6.45) is 0.627. The van der Waals surface area contributed by atoms with Gasteiger partial charge in [-0.1, -0.05) is 0 Å². The molecule has 2 amide bonds. The highest BCUT2D eigenvalue weighted by molar-refractivity contribution is 7.17. The van der Waals surface area contributed by atoms with Crippen LogP contribution >= 0.6 is 11.3 Å². The Morgan fingerprint density at radius 2 is 2.13 bits per heavy atom. The van der Waals surface area contributed by atoms with Crippen molar-refractivity contribution in [2.45, 2.75) is 32.0 Å². The van der Waals surface area contributed by atoms with Crippen LogP contribution in [0.25, 0.3) is 10.6 Å². The van der Waals surface area contributed by atoms with Gasteiger partial charge in [-0.3, -0.25) is 9.59 Å². The Labute approximate surface area is 137 Å². The quantitative estimate of drug-likeness (QED) is 0.875. The van der Waals surface area contributed by atoms with Gasteiger partial charge in [0, 0.05) is 6.54 Å². The van der Waals surface area contributed by atoms with E-state index in [4.69, 9.17) is 14.9 Å². The van der Waals surface area contributed by atoms with E-state index in [1.165, 1.54) is 11.3 Å². The fourth-order valence-electron chi connectivity index (χ4n) is 2.52. The number of carbonyl (C=O) groups excluding carboxylic acids is 2. The Morgan fingerprint density at radius 3 is 2.78 bits per heavy atom. The smallest absolute Gasteiger partial charge is 0.261 e. The number of carbonyl (C=O) groups is 2. The second kappa shape index (κ2) is 6.55. The number of nitrogens with one attached hydrogen (secondary N) is 1. The number of ether oxygens (including phenoxy) is 1. The van der Waals surface area contributed by atoms with E-state index in [-0.39, 0.29) is 12.0 Å². The lowest BCUT2D eigenvalue weighted by molar-refractivity contribution is -0.128. The third kappa shape index (κ3) is 3.62. The fourth-order valence-corrected chi connectivity index (χ4v) is 3.40. The second-order valence-electron chi connectivity index (χ2n) is 5.51. The Kier molecular flexibility index (Phi) is 4.49. The second-order valence-corrected chi connectivity index (χ2v) is 6.59. The first-order valence-electron chi connectivity index (χ1n) is 7.42. The third-order valence-corrected chi connectivity index (χ3v) is 4.83. The zero-order valence-electron chi connectivity index (χ0n) is 12.7. The van der Waals surface area contributed by atoms with Gasteiger partial charge in [0.25, 0.3) is 5.91 Å². The van der Waals surface area contributed by atoms with Crippen LogP contribution in [0, 0.1) is 6.92 Å². The maximum absolute atomic E-state index is 12.2. The monoisotopic (exact) mass is 334 g/mol. The molecule has 1 aliphatic rings. The minimum Gasteiger partial charge on any atom is -0.461 e. The summed E-state index contributed by atoms with van der Waals surface area (Å²) >= 11 is 1.37. The Morgan fingerprint density at radius 1 is 1.30 bits per heavy atom. The van der Waals surface area contributed by atoms with Crippen molar-refractivity contribution in [1.82, 2.24) is 5.32 Å². The molecule has 0 radical (unpaired) electrons. The zero-order valence-corrected chi connectivity index (χ0v) is 13.5. The highest BCUT2D eigenvalue weighted by atomic mass is 32.1. The van der Waals surface area contributed by atoms with Crippen molar-refractivity contribution in [2.24, 2.45) is 5.73 Å². The molecule has 6 nitrogen and oxygen atoms in total. The van der Waals surface area contributed by atoms with Gasteiger partial charge in [-0.15, -0.1) is 11.3 Å². The lowest BCUT2D eigenvalue weighted by atomic mass is 10.2. The third-order valence-electron chi connectivity index (χ3n) is 3.73. The summed E-state index contributed by atoms with van der Waals surface area (Å²) in [6, 6.07) is 7.42. The summed E-state index contributed by atoms with van der Waals surface area (Å²) in [6.45, 7) is 2.25. The lowest BCUT2D eigenvalue weighted by Crippen LogP contribution is -2.34. The van der Waals surface area contributed by atoms with E-state index < -0.39 is 12.0 Å². The minimum atomic E-state index is -0.535. The summed E-state index contributed by atoms with van der Waals surface area (Å²) in [4.78, 5) is 24.8. The van der Waals surface area contributed by atoms with Crippen LogP contribution in [0.3, 0.4) is 0 Å². The van der Waals surface area contributed by atoms with Crippen molar-refractivity contribution >= 4 is 23.2 Å². The molecule has 0 aromatic carbocycles. The molecular weight excluding hydrogens is 316 g/mol. The first kappa shape index (κ1) is 15.8. The first-order valence-corrected chi connectivity index (χ1v) is 8.24. The van der Waals surface area contributed by atoms with Crippen molar-refractivity contribution in [3.05, 3.63) is 34.9 Å². The van der Waals surface area contributed by atoms with Crippen molar-refractivity contribution < 1.29 is 18.7 Å². The standard InChI is InChI=1S/C16H18N2O4S/c1-9-2-4-11(21-9)13-6-7-14(23-13)16(20)18-8-10-3-5-12(22-10)15(17)19/h2,4,6-7,10,12H,3,5,8H2,1H3,(H2,17,19)(H,18,20)/t10-,12+/m1/s1. The van der Waals surface area contributed by atoms with E-state index in [2.05, 4.69) is 5.32 Å². The maximum Gasteiger partial charge on any atom is 0.261 e. The van der Waals surface area contributed by atoms with Gasteiger partial charge >= 0.3 is 0 Å². The number of primary amides is 1. The lowest BCUT2D eigenvalue weighted by Gasteiger charge is -2.12. The summed E-state index contributed by atoms with van der Waals surface area (Å²) in [7, 11) is 0. The van der Waals surface area contributed by atoms with Gasteiger partial charge in [0.05, 0.1) is 15.9 Å². The molecule has 2 atom stereocenters. The molecule has 7 heteroatoms. The zero-order chi connectivity index (χ0) is 16.4. The first-order chi connectivity index (χ1) is 11.0. The Hall–Kier alpha value is -2.12. The molecular formula is C16H18N2O4S. The molecule has 0 bridgehead atoms. The van der Waals surface area contributed by atoms with Gasteiger partial charge in [0.2, 0.25) is 5.91 Å². The number of nitrogens with two attached hydrogens (primary N) is 1. The molecule has 122 valence electrons. The van der Waals surface area contributed by atoms with Crippen molar-refractivity contribution in [2.75, 3.05) is 6.54 Å². The van der Waals surface area contributed by atoms with Crippen LogP contribution in [-0.2, 0) is 9.53 Å². The SMILES string of the molecule is Cc1ccc(-c2ccc(C(=O)NC[C@H]3CC[C@@H](C(N)=O)O3)s2)o1. The molecule has 0 saturated carbocycles. The summed E-state index contributed by atoms with van der Waals surface area (Å²) in [5.74, 6) is 0.989. The average Bonchev–Trinajstić information content (AvgIpc) is 3.24. The molecule has 1 aliphatic heterocycles. The highest BCUT2D eigenvalue weighted by Crippen LogP contribution is 2.29. The normalized spacial score (nSPS) is 20.6. The molecule has 2 aromatic rings. The minimum absolute atomic E-state index is 0.157. The van der Waals surface area contributed by atoms with Gasteiger partial charge in [-0.2, -0.15) is 0 Å². The number of hydrogen-bond acceptors (Lipinski definition) is 5. The molecule has 1 saturated heterocycles. The molecule has 3 rings (SSSR count). The number of rotatable bonds is 5. The molecule has 3 N–H and O–H groups in total. The van der Waals surface area contributed by atoms with Crippen molar-refractivity contribution in [3.8, 4) is 10.6 Å². The molecule has 0 aliphatic carbocycles. The van der Waals surface area contributed by atoms with Crippen molar-refractivity contribution in [1.29, 1.82) is 0 Å². The average molecular weight is 334 g/mol. The van der Waals surface area contributed by atoms with Crippen LogP contribution in [0.2, 0.25) is 0 Å². The van der Waals surface area contributed by atoms with Gasteiger partial charge in [-0.05, 0) is 44.0 Å². The number of thiophene rings is 1.